The first-order chi connectivity index (χ1) is 15.5. The molecule has 3 heterocycles. The van der Waals surface area contributed by atoms with E-state index in [-0.39, 0.29) is 27.7 Å². The van der Waals surface area contributed by atoms with Crippen molar-refractivity contribution in [1.82, 2.24) is 25.1 Å². The topological polar surface area (TPSA) is 72.7 Å². The third kappa shape index (κ3) is 3.60. The predicted octanol–water partition coefficient (Wildman–Crippen LogP) is 4.45. The normalized spacial score (nSPS) is 15.6. The van der Waals surface area contributed by atoms with Crippen molar-refractivity contribution < 1.29 is 9.18 Å². The van der Waals surface area contributed by atoms with Gasteiger partial charge in [0.15, 0.2) is 0 Å². The predicted molar refractivity (Wildman–Crippen MR) is 125 cm³/mol. The van der Waals surface area contributed by atoms with Gasteiger partial charge in [-0.2, -0.15) is 5.10 Å². The lowest BCUT2D eigenvalue weighted by molar-refractivity contribution is 0.0932. The van der Waals surface area contributed by atoms with Crippen LogP contribution >= 0.6 is 10.5 Å². The first-order valence-corrected chi connectivity index (χ1v) is 12.0. The molecule has 1 aliphatic carbocycles. The zero-order valence-electron chi connectivity index (χ0n) is 17.7. The summed E-state index contributed by atoms with van der Waals surface area (Å²) >= 11 is 0. The van der Waals surface area contributed by atoms with Gasteiger partial charge in [0.05, 0.1) is 39.7 Å². The van der Waals surface area contributed by atoms with Crippen molar-refractivity contribution in [3.8, 4) is 5.69 Å². The maximum atomic E-state index is 13.3. The third-order valence-corrected chi connectivity index (χ3v) is 7.48. The number of nitrogens with one attached hydrogen (secondary N) is 1. The molecule has 0 aliphatic heterocycles. The molecule has 1 fully saturated rings. The lowest BCUT2D eigenvalue weighted by Gasteiger charge is -2.19. The number of aromatic nitrogens is 4. The van der Waals surface area contributed by atoms with Crippen LogP contribution in [0.1, 0.15) is 35.7 Å². The maximum Gasteiger partial charge on any atom is 0.254 e. The second-order valence-electron chi connectivity index (χ2n) is 7.87. The summed E-state index contributed by atoms with van der Waals surface area (Å²) in [5.41, 5.74) is 2.56. The van der Waals surface area contributed by atoms with Crippen molar-refractivity contribution in [2.75, 3.05) is 6.26 Å². The van der Waals surface area contributed by atoms with Gasteiger partial charge in [0.1, 0.15) is 5.82 Å². The van der Waals surface area contributed by atoms with E-state index in [0.29, 0.717) is 22.2 Å². The van der Waals surface area contributed by atoms with E-state index in [1.165, 1.54) is 12.1 Å². The quantitative estimate of drug-likeness (QED) is 0.459. The average molecular weight is 448 g/mol. The highest BCUT2D eigenvalue weighted by Crippen LogP contribution is 2.46. The van der Waals surface area contributed by atoms with E-state index >= 15 is 0 Å². The van der Waals surface area contributed by atoms with E-state index in [9.17, 15) is 9.18 Å². The Bertz CT molecular complexity index is 1360. The van der Waals surface area contributed by atoms with Crippen LogP contribution in [0.25, 0.3) is 16.6 Å². The molecule has 1 saturated carbocycles. The number of hydrogen-bond donors (Lipinski definition) is 1. The largest absolute Gasteiger partial charge is 0.342 e. The number of carbonyl (C=O) groups excluding carboxylic acids is 1. The van der Waals surface area contributed by atoms with Gasteiger partial charge < -0.3 is 5.32 Å². The van der Waals surface area contributed by atoms with Gasteiger partial charge in [-0.15, -0.1) is 10.5 Å². The summed E-state index contributed by atoms with van der Waals surface area (Å²) in [6, 6.07) is 10.1. The molecule has 0 radical (unpaired) electrons. The summed E-state index contributed by atoms with van der Waals surface area (Å²) in [5, 5.41) is 11.5. The number of amides is 1. The molecule has 162 valence electrons. The SMILES string of the molecule is CC=S(C)c1cc(C2(NC(=O)c3cncc4c3cnn4-c3ccc(F)cc3)CC2)ccn1. The van der Waals surface area contributed by atoms with Crippen molar-refractivity contribution in [3.05, 3.63) is 78.1 Å². The smallest absolute Gasteiger partial charge is 0.254 e. The molecule has 0 bridgehead atoms. The molecule has 1 N–H and O–H groups in total. The molecule has 32 heavy (non-hydrogen) atoms. The fourth-order valence-corrected chi connectivity index (χ4v) is 4.59. The Morgan fingerprint density at radius 1 is 1.19 bits per heavy atom. The minimum atomic E-state index is -0.373. The van der Waals surface area contributed by atoms with Gasteiger partial charge in [0, 0.05) is 17.8 Å². The summed E-state index contributed by atoms with van der Waals surface area (Å²) < 4.78 is 15.0. The minimum absolute atomic E-state index is 0.0353. The maximum absolute atomic E-state index is 13.3. The summed E-state index contributed by atoms with van der Waals surface area (Å²) in [7, 11) is -0.0353. The van der Waals surface area contributed by atoms with Gasteiger partial charge in [0.2, 0.25) is 0 Å². The first-order valence-electron chi connectivity index (χ1n) is 10.3. The number of halogens is 1. The molecule has 5 rings (SSSR count). The van der Waals surface area contributed by atoms with Crippen LogP contribution in [0.5, 0.6) is 0 Å². The fraction of sp³-hybridized carbons (Fsp3) is 0.208. The second kappa shape index (κ2) is 7.94. The lowest BCUT2D eigenvalue weighted by Crippen LogP contribution is -2.35. The molecule has 1 amide bonds. The average Bonchev–Trinajstić information content (AvgIpc) is 3.48. The molecule has 8 heteroatoms. The highest BCUT2D eigenvalue weighted by molar-refractivity contribution is 8.14. The molecule has 1 atom stereocenters. The Morgan fingerprint density at radius 2 is 1.97 bits per heavy atom. The van der Waals surface area contributed by atoms with Crippen molar-refractivity contribution in [1.29, 1.82) is 0 Å². The Kier molecular flexibility index (Phi) is 5.09. The minimum Gasteiger partial charge on any atom is -0.342 e. The highest BCUT2D eigenvalue weighted by atomic mass is 32.2. The van der Waals surface area contributed by atoms with Crippen molar-refractivity contribution in [2.45, 2.75) is 30.3 Å². The highest BCUT2D eigenvalue weighted by Gasteiger charge is 2.46. The third-order valence-electron chi connectivity index (χ3n) is 5.89. The molecule has 0 spiro atoms. The Balaban J connectivity index is 1.47. The van der Waals surface area contributed by atoms with Crippen molar-refractivity contribution >= 4 is 32.7 Å². The Labute approximate surface area is 187 Å². The van der Waals surface area contributed by atoms with Crippen molar-refractivity contribution in [2.24, 2.45) is 0 Å². The lowest BCUT2D eigenvalue weighted by atomic mass is 10.1. The van der Waals surface area contributed by atoms with Crippen LogP contribution in [0, 0.1) is 5.82 Å². The molecule has 0 saturated heterocycles. The van der Waals surface area contributed by atoms with E-state index in [0.717, 1.165) is 23.4 Å². The monoisotopic (exact) mass is 447 g/mol. The van der Waals surface area contributed by atoms with Gasteiger partial charge in [-0.1, -0.05) is 5.37 Å². The van der Waals surface area contributed by atoms with Crippen LogP contribution in [0.15, 0.2) is 66.2 Å². The molecule has 1 unspecified atom stereocenters. The van der Waals surface area contributed by atoms with E-state index in [1.54, 1.807) is 35.4 Å². The van der Waals surface area contributed by atoms with Gasteiger partial charge in [-0.25, -0.2) is 9.07 Å². The fourth-order valence-electron chi connectivity index (χ4n) is 3.81. The van der Waals surface area contributed by atoms with E-state index < -0.39 is 0 Å². The van der Waals surface area contributed by atoms with Crippen LogP contribution < -0.4 is 5.32 Å². The van der Waals surface area contributed by atoms with E-state index in [4.69, 9.17) is 0 Å². The number of rotatable bonds is 5. The summed E-state index contributed by atoms with van der Waals surface area (Å²) in [6.07, 6.45) is 10.6. The van der Waals surface area contributed by atoms with Crippen molar-refractivity contribution in [3.63, 3.8) is 0 Å². The molecular formula is C24H22FN5OS. The van der Waals surface area contributed by atoms with Gasteiger partial charge >= 0.3 is 0 Å². The van der Waals surface area contributed by atoms with Crippen LogP contribution in [0.3, 0.4) is 0 Å². The standard InChI is InChI=1S/C24H22FN5OS/c1-3-32(2)22-12-16(8-11-27-22)24(9-10-24)29-23(31)20-13-26-15-21-19(20)14-28-30(21)18-6-4-17(25)5-7-18/h3-8,11-15H,9-10H2,1-2H3,(H,29,31). The van der Waals surface area contributed by atoms with Gasteiger partial charge in [-0.05, 0) is 68.0 Å². The molecule has 1 aliphatic rings. The number of benzene rings is 1. The van der Waals surface area contributed by atoms with Crippen LogP contribution in [0.4, 0.5) is 4.39 Å². The summed E-state index contributed by atoms with van der Waals surface area (Å²) in [5.74, 6) is -0.501. The first kappa shape index (κ1) is 20.5. The van der Waals surface area contributed by atoms with Crippen LogP contribution in [-0.2, 0) is 5.54 Å². The van der Waals surface area contributed by atoms with E-state index in [2.05, 4.69) is 38.1 Å². The van der Waals surface area contributed by atoms with E-state index in [1.807, 2.05) is 19.2 Å². The Hall–Kier alpha value is -3.39. The Morgan fingerprint density at radius 3 is 2.69 bits per heavy atom. The number of fused-ring (bicyclic) bond motifs is 1. The zero-order chi connectivity index (χ0) is 22.3. The number of hydrogen-bond acceptors (Lipinski definition) is 4. The zero-order valence-corrected chi connectivity index (χ0v) is 18.6. The number of pyridine rings is 2. The molecular weight excluding hydrogens is 425 g/mol. The molecule has 6 nitrogen and oxygen atoms in total. The molecule has 3 aromatic heterocycles. The van der Waals surface area contributed by atoms with Gasteiger partial charge in [-0.3, -0.25) is 14.8 Å². The molecule has 1 aromatic carbocycles. The second-order valence-corrected chi connectivity index (χ2v) is 9.87. The number of nitrogens with zero attached hydrogens (tertiary/aromatic N) is 4. The molecule has 4 aromatic rings. The van der Waals surface area contributed by atoms with Gasteiger partial charge in [0.25, 0.3) is 5.91 Å². The van der Waals surface area contributed by atoms with Crippen LogP contribution in [0.2, 0.25) is 0 Å². The number of carbonyl (C=O) groups is 1. The summed E-state index contributed by atoms with van der Waals surface area (Å²) in [6.45, 7) is 2.03. The van der Waals surface area contributed by atoms with Crippen LogP contribution in [-0.4, -0.2) is 37.3 Å². The summed E-state index contributed by atoms with van der Waals surface area (Å²) in [4.78, 5) is 22.1.